The number of carbonyl (C=O) groups is 1. The third-order valence-corrected chi connectivity index (χ3v) is 3.89. The van der Waals surface area contributed by atoms with Gasteiger partial charge in [0.05, 0.1) is 5.56 Å². The van der Waals surface area contributed by atoms with E-state index < -0.39 is 0 Å². The van der Waals surface area contributed by atoms with Crippen LogP contribution in [0.15, 0.2) is 59.0 Å². The van der Waals surface area contributed by atoms with Gasteiger partial charge < -0.3 is 9.73 Å². The van der Waals surface area contributed by atoms with Crippen molar-refractivity contribution in [2.24, 2.45) is 0 Å². The van der Waals surface area contributed by atoms with Crippen molar-refractivity contribution >= 4 is 11.6 Å². The van der Waals surface area contributed by atoms with Gasteiger partial charge >= 0.3 is 0 Å². The number of rotatable bonds is 3. The maximum atomic E-state index is 12.5. The fourth-order valence-corrected chi connectivity index (χ4v) is 2.47. The summed E-state index contributed by atoms with van der Waals surface area (Å²) in [5, 5.41) is 2.94. The van der Waals surface area contributed by atoms with Crippen LogP contribution in [-0.2, 0) is 0 Å². The first-order valence-electron chi connectivity index (χ1n) is 7.59. The van der Waals surface area contributed by atoms with Gasteiger partial charge in [-0.2, -0.15) is 0 Å². The van der Waals surface area contributed by atoms with Crippen molar-refractivity contribution in [3.8, 4) is 11.3 Å². The highest BCUT2D eigenvalue weighted by Crippen LogP contribution is 2.26. The lowest BCUT2D eigenvalue weighted by Crippen LogP contribution is -2.12. The Morgan fingerprint density at radius 3 is 2.35 bits per heavy atom. The van der Waals surface area contributed by atoms with Crippen LogP contribution in [0.5, 0.6) is 0 Å². The largest absolute Gasteiger partial charge is 0.461 e. The molecule has 1 heterocycles. The van der Waals surface area contributed by atoms with Gasteiger partial charge in [0, 0.05) is 11.3 Å². The van der Waals surface area contributed by atoms with E-state index >= 15 is 0 Å². The highest BCUT2D eigenvalue weighted by Gasteiger charge is 2.16. The van der Waals surface area contributed by atoms with Gasteiger partial charge in [0.25, 0.3) is 5.91 Å². The third kappa shape index (κ3) is 3.19. The van der Waals surface area contributed by atoms with Crippen LogP contribution in [0.25, 0.3) is 11.3 Å². The summed E-state index contributed by atoms with van der Waals surface area (Å²) < 4.78 is 5.77. The number of benzene rings is 2. The maximum Gasteiger partial charge on any atom is 0.259 e. The summed E-state index contributed by atoms with van der Waals surface area (Å²) >= 11 is 0. The molecule has 0 spiro atoms. The van der Waals surface area contributed by atoms with Crippen molar-refractivity contribution in [1.29, 1.82) is 0 Å². The minimum atomic E-state index is -0.154. The van der Waals surface area contributed by atoms with Gasteiger partial charge in [0.2, 0.25) is 0 Å². The van der Waals surface area contributed by atoms with Crippen LogP contribution in [0, 0.1) is 20.8 Å². The number of carbonyl (C=O) groups excluding carboxylic acids is 1. The molecule has 0 fully saturated rings. The average Bonchev–Trinajstić information content (AvgIpc) is 2.92. The van der Waals surface area contributed by atoms with E-state index in [1.165, 1.54) is 5.56 Å². The lowest BCUT2D eigenvalue weighted by molar-refractivity contribution is 0.102. The smallest absolute Gasteiger partial charge is 0.259 e. The Bertz CT molecular complexity index is 844. The number of hydrogen-bond acceptors (Lipinski definition) is 2. The molecule has 0 aliphatic heterocycles. The van der Waals surface area contributed by atoms with Crippen LogP contribution in [0.3, 0.4) is 0 Å². The van der Waals surface area contributed by atoms with Crippen molar-refractivity contribution in [2.75, 3.05) is 5.32 Å². The predicted octanol–water partition coefficient (Wildman–Crippen LogP) is 5.12. The quantitative estimate of drug-likeness (QED) is 0.729. The highest BCUT2D eigenvalue weighted by atomic mass is 16.3. The van der Waals surface area contributed by atoms with E-state index in [0.29, 0.717) is 17.1 Å². The molecule has 23 heavy (non-hydrogen) atoms. The van der Waals surface area contributed by atoms with Crippen molar-refractivity contribution in [2.45, 2.75) is 20.8 Å². The summed E-state index contributed by atoms with van der Waals surface area (Å²) in [6.07, 6.45) is 0. The summed E-state index contributed by atoms with van der Waals surface area (Å²) in [6.45, 7) is 5.82. The molecule has 0 bridgehead atoms. The monoisotopic (exact) mass is 305 g/mol. The topological polar surface area (TPSA) is 42.2 Å². The molecule has 3 heteroatoms. The zero-order valence-corrected chi connectivity index (χ0v) is 13.5. The summed E-state index contributed by atoms with van der Waals surface area (Å²) in [4.78, 5) is 12.5. The molecule has 3 aromatic rings. The molecule has 2 aromatic carbocycles. The minimum Gasteiger partial charge on any atom is -0.461 e. The van der Waals surface area contributed by atoms with Gasteiger partial charge in [-0.3, -0.25) is 4.79 Å². The SMILES string of the molecule is Cc1ccc(-c2cc(C(=O)Nc3ccccc3C)c(C)o2)cc1. The van der Waals surface area contributed by atoms with Crippen molar-refractivity contribution in [3.05, 3.63) is 77.0 Å². The standard InChI is InChI=1S/C20H19NO2/c1-13-8-10-16(11-9-13)19-12-17(15(3)23-19)20(22)21-18-7-5-4-6-14(18)2/h4-12H,1-3H3,(H,21,22). The highest BCUT2D eigenvalue weighted by molar-refractivity contribution is 6.05. The molecule has 3 rings (SSSR count). The molecule has 0 atom stereocenters. The first-order chi connectivity index (χ1) is 11.0. The summed E-state index contributed by atoms with van der Waals surface area (Å²) in [7, 11) is 0. The first-order valence-corrected chi connectivity index (χ1v) is 7.59. The fourth-order valence-electron chi connectivity index (χ4n) is 2.47. The molecule has 1 aromatic heterocycles. The second kappa shape index (κ2) is 6.13. The molecule has 0 aliphatic carbocycles. The zero-order chi connectivity index (χ0) is 16.4. The molecular weight excluding hydrogens is 286 g/mol. The summed E-state index contributed by atoms with van der Waals surface area (Å²) in [5.41, 5.74) is 4.56. The minimum absolute atomic E-state index is 0.154. The Kier molecular flexibility index (Phi) is 4.02. The molecular formula is C20H19NO2. The van der Waals surface area contributed by atoms with Crippen molar-refractivity contribution in [3.63, 3.8) is 0 Å². The Morgan fingerprint density at radius 2 is 1.65 bits per heavy atom. The molecule has 116 valence electrons. The van der Waals surface area contributed by atoms with Gasteiger partial charge in [0.15, 0.2) is 0 Å². The van der Waals surface area contributed by atoms with E-state index in [0.717, 1.165) is 16.8 Å². The van der Waals surface area contributed by atoms with E-state index in [9.17, 15) is 4.79 Å². The lowest BCUT2D eigenvalue weighted by atomic mass is 10.1. The number of hydrogen-bond donors (Lipinski definition) is 1. The lowest BCUT2D eigenvalue weighted by Gasteiger charge is -2.06. The number of para-hydroxylation sites is 1. The van der Waals surface area contributed by atoms with Crippen LogP contribution in [0.2, 0.25) is 0 Å². The Hall–Kier alpha value is -2.81. The molecule has 0 saturated carbocycles. The average molecular weight is 305 g/mol. The first kappa shape index (κ1) is 15.1. The Morgan fingerprint density at radius 1 is 0.957 bits per heavy atom. The molecule has 0 aliphatic rings. The molecule has 0 radical (unpaired) electrons. The van der Waals surface area contributed by atoms with Crippen LogP contribution in [0.4, 0.5) is 5.69 Å². The predicted molar refractivity (Wildman–Crippen MR) is 92.8 cm³/mol. The summed E-state index contributed by atoms with van der Waals surface area (Å²) in [5.74, 6) is 1.17. The van der Waals surface area contributed by atoms with Crippen LogP contribution in [-0.4, -0.2) is 5.91 Å². The van der Waals surface area contributed by atoms with Gasteiger partial charge in [-0.25, -0.2) is 0 Å². The van der Waals surface area contributed by atoms with Crippen LogP contribution >= 0.6 is 0 Å². The second-order valence-electron chi connectivity index (χ2n) is 5.72. The summed E-state index contributed by atoms with van der Waals surface area (Å²) in [6, 6.07) is 17.6. The van der Waals surface area contributed by atoms with Crippen LogP contribution < -0.4 is 5.32 Å². The van der Waals surface area contributed by atoms with Gasteiger partial charge in [0.1, 0.15) is 11.5 Å². The van der Waals surface area contributed by atoms with E-state index in [4.69, 9.17) is 4.42 Å². The molecule has 0 saturated heterocycles. The zero-order valence-electron chi connectivity index (χ0n) is 13.5. The third-order valence-electron chi connectivity index (χ3n) is 3.89. The maximum absolute atomic E-state index is 12.5. The second-order valence-corrected chi connectivity index (χ2v) is 5.72. The van der Waals surface area contributed by atoms with E-state index in [1.807, 2.05) is 69.3 Å². The Balaban J connectivity index is 1.87. The van der Waals surface area contributed by atoms with Crippen LogP contribution in [0.1, 0.15) is 27.2 Å². The number of furan rings is 1. The van der Waals surface area contributed by atoms with Gasteiger partial charge in [-0.15, -0.1) is 0 Å². The van der Waals surface area contributed by atoms with E-state index in [1.54, 1.807) is 6.07 Å². The van der Waals surface area contributed by atoms with E-state index in [2.05, 4.69) is 5.32 Å². The number of aryl methyl sites for hydroxylation is 3. The van der Waals surface area contributed by atoms with E-state index in [-0.39, 0.29) is 5.91 Å². The number of amides is 1. The normalized spacial score (nSPS) is 10.6. The fraction of sp³-hybridized carbons (Fsp3) is 0.150. The Labute approximate surface area is 136 Å². The molecule has 0 unspecified atom stereocenters. The van der Waals surface area contributed by atoms with Crippen molar-refractivity contribution < 1.29 is 9.21 Å². The van der Waals surface area contributed by atoms with Crippen molar-refractivity contribution in [1.82, 2.24) is 0 Å². The van der Waals surface area contributed by atoms with Gasteiger partial charge in [-0.05, 0) is 38.5 Å². The molecule has 3 nitrogen and oxygen atoms in total. The number of nitrogens with one attached hydrogen (secondary N) is 1. The molecule has 1 amide bonds. The number of anilines is 1. The molecule has 1 N–H and O–H groups in total. The van der Waals surface area contributed by atoms with Gasteiger partial charge in [-0.1, -0.05) is 48.0 Å².